The Morgan fingerprint density at radius 1 is 0.326 bits per heavy atom. The summed E-state index contributed by atoms with van der Waals surface area (Å²) >= 11 is 0. The highest BCUT2D eigenvalue weighted by molar-refractivity contribution is 5.85. The van der Waals surface area contributed by atoms with E-state index >= 15 is 0 Å². The molecule has 0 aliphatic carbocycles. The molecule has 0 radical (unpaired) electrons. The number of aliphatic hydroxyl groups is 4. The second-order valence-corrected chi connectivity index (χ2v) is 14.2. The van der Waals surface area contributed by atoms with E-state index in [-0.39, 0.29) is 12.8 Å². The average molecular weight is 655 g/mol. The third kappa shape index (κ3) is 27.2. The zero-order valence-electron chi connectivity index (χ0n) is 30.5. The molecule has 0 aromatic heterocycles. The first-order chi connectivity index (χ1) is 22.4. The van der Waals surface area contributed by atoms with Crippen LogP contribution in [0.4, 0.5) is 0 Å². The average Bonchev–Trinajstić information content (AvgIpc) is 3.06. The molecule has 2 unspecified atom stereocenters. The van der Waals surface area contributed by atoms with E-state index in [1.165, 1.54) is 141 Å². The molecule has 0 saturated heterocycles. The molecular formula is C40H78O6. The minimum absolute atomic E-state index is 0.117. The van der Waals surface area contributed by atoms with Gasteiger partial charge >= 0.3 is 0 Å². The van der Waals surface area contributed by atoms with Crippen molar-refractivity contribution in [3.05, 3.63) is 0 Å². The smallest absolute Gasteiger partial charge is 0.164 e. The third-order valence-corrected chi connectivity index (χ3v) is 9.71. The number of ketones is 2. The van der Waals surface area contributed by atoms with Crippen molar-refractivity contribution in [3.8, 4) is 0 Å². The van der Waals surface area contributed by atoms with Gasteiger partial charge in [0.25, 0.3) is 0 Å². The molecule has 274 valence electrons. The van der Waals surface area contributed by atoms with E-state index in [2.05, 4.69) is 13.8 Å². The number of Topliss-reactive ketones (excluding diaryl/α,β-unsaturated/α-hetero) is 2. The maximum absolute atomic E-state index is 12.4. The highest BCUT2D eigenvalue weighted by atomic mass is 16.4. The molecule has 4 atom stereocenters. The lowest BCUT2D eigenvalue weighted by Crippen LogP contribution is -2.50. The minimum atomic E-state index is -1.87. The molecule has 0 spiro atoms. The second kappa shape index (κ2) is 34.1. The summed E-state index contributed by atoms with van der Waals surface area (Å²) in [5.41, 5.74) is 0. The monoisotopic (exact) mass is 655 g/mol. The number of rotatable bonds is 37. The van der Waals surface area contributed by atoms with Gasteiger partial charge < -0.3 is 20.4 Å². The second-order valence-electron chi connectivity index (χ2n) is 14.2. The van der Waals surface area contributed by atoms with Crippen LogP contribution in [0, 0.1) is 0 Å². The van der Waals surface area contributed by atoms with Crippen molar-refractivity contribution in [3.63, 3.8) is 0 Å². The molecular weight excluding hydrogens is 576 g/mol. The molecule has 0 aromatic carbocycles. The lowest BCUT2D eigenvalue weighted by molar-refractivity contribution is -0.153. The Morgan fingerprint density at radius 2 is 0.500 bits per heavy atom. The van der Waals surface area contributed by atoms with E-state index in [0.717, 1.165) is 38.5 Å². The summed E-state index contributed by atoms with van der Waals surface area (Å²) in [5, 5.41) is 41.0. The lowest BCUT2D eigenvalue weighted by Gasteiger charge is -2.25. The van der Waals surface area contributed by atoms with Gasteiger partial charge in [-0.2, -0.15) is 0 Å². The van der Waals surface area contributed by atoms with E-state index in [9.17, 15) is 30.0 Å². The van der Waals surface area contributed by atoms with Crippen LogP contribution in [0.3, 0.4) is 0 Å². The van der Waals surface area contributed by atoms with Crippen LogP contribution in [0.15, 0.2) is 0 Å². The van der Waals surface area contributed by atoms with Gasteiger partial charge in [0.15, 0.2) is 11.6 Å². The summed E-state index contributed by atoms with van der Waals surface area (Å²) in [4.78, 5) is 24.7. The van der Waals surface area contributed by atoms with Crippen molar-refractivity contribution in [2.24, 2.45) is 0 Å². The SMILES string of the molecule is CCCCCCCCCCCCCCCCCC(=O)C(O)[C@@H](O)[C@@H](O)C(O)C(=O)CCCCCCCCCCCCCCCCC. The van der Waals surface area contributed by atoms with Crippen LogP contribution in [0.5, 0.6) is 0 Å². The lowest BCUT2D eigenvalue weighted by atomic mass is 9.94. The fourth-order valence-corrected chi connectivity index (χ4v) is 6.39. The van der Waals surface area contributed by atoms with Crippen LogP contribution in [0.1, 0.15) is 219 Å². The van der Waals surface area contributed by atoms with Crippen molar-refractivity contribution in [2.75, 3.05) is 0 Å². The number of hydrogen-bond donors (Lipinski definition) is 4. The predicted octanol–water partition coefficient (Wildman–Crippen LogP) is 10.1. The first-order valence-electron chi connectivity index (χ1n) is 20.1. The van der Waals surface area contributed by atoms with Gasteiger partial charge in [-0.05, 0) is 12.8 Å². The molecule has 0 amide bonds. The molecule has 0 aromatic rings. The van der Waals surface area contributed by atoms with Gasteiger partial charge in [-0.15, -0.1) is 0 Å². The van der Waals surface area contributed by atoms with Crippen molar-refractivity contribution >= 4 is 11.6 Å². The van der Waals surface area contributed by atoms with Gasteiger partial charge in [0.2, 0.25) is 0 Å². The molecule has 0 rings (SSSR count). The van der Waals surface area contributed by atoms with Crippen molar-refractivity contribution < 1.29 is 30.0 Å². The Kier molecular flexibility index (Phi) is 33.5. The predicted molar refractivity (Wildman–Crippen MR) is 193 cm³/mol. The number of unbranched alkanes of at least 4 members (excludes halogenated alkanes) is 28. The Bertz CT molecular complexity index is 612. The normalized spacial score (nSPS) is 14.3. The van der Waals surface area contributed by atoms with E-state index in [0.29, 0.717) is 12.8 Å². The fraction of sp³-hybridized carbons (Fsp3) is 0.950. The Morgan fingerprint density at radius 3 is 0.696 bits per heavy atom. The Hall–Kier alpha value is -0.820. The summed E-state index contributed by atoms with van der Waals surface area (Å²) in [5.74, 6) is -1.10. The van der Waals surface area contributed by atoms with Gasteiger partial charge in [-0.3, -0.25) is 9.59 Å². The number of aliphatic hydroxyl groups excluding tert-OH is 4. The van der Waals surface area contributed by atoms with Crippen LogP contribution < -0.4 is 0 Å². The van der Waals surface area contributed by atoms with Crippen LogP contribution in [0.2, 0.25) is 0 Å². The number of carbonyl (C=O) groups excluding carboxylic acids is 2. The van der Waals surface area contributed by atoms with Crippen LogP contribution in [-0.2, 0) is 9.59 Å². The van der Waals surface area contributed by atoms with E-state index in [4.69, 9.17) is 0 Å². The van der Waals surface area contributed by atoms with Gasteiger partial charge in [-0.25, -0.2) is 0 Å². The van der Waals surface area contributed by atoms with Crippen molar-refractivity contribution in [1.29, 1.82) is 0 Å². The van der Waals surface area contributed by atoms with Crippen LogP contribution in [-0.4, -0.2) is 56.4 Å². The highest BCUT2D eigenvalue weighted by Crippen LogP contribution is 2.17. The fourth-order valence-electron chi connectivity index (χ4n) is 6.39. The Balaban J connectivity index is 3.77. The maximum atomic E-state index is 12.4. The molecule has 46 heavy (non-hydrogen) atoms. The summed E-state index contributed by atoms with van der Waals surface area (Å²) in [7, 11) is 0. The molecule has 0 aliphatic rings. The summed E-state index contributed by atoms with van der Waals surface area (Å²) in [6.07, 6.45) is 29.5. The standard InChI is InChI=1S/C40H78O6/c1-3-5-7-9-11-13-15-17-19-21-23-25-27-29-31-33-35(41)37(43)39(45)40(46)38(44)36(42)34-32-30-28-26-24-22-20-18-16-14-12-10-8-6-4-2/h37-40,43-46H,3-34H2,1-2H3/t37?,38?,39-,40+. The van der Waals surface area contributed by atoms with Crippen molar-refractivity contribution in [2.45, 2.75) is 244 Å². The molecule has 6 nitrogen and oxygen atoms in total. The summed E-state index contributed by atoms with van der Waals surface area (Å²) in [6.45, 7) is 4.51. The topological polar surface area (TPSA) is 115 Å². The van der Waals surface area contributed by atoms with Crippen LogP contribution in [0.25, 0.3) is 0 Å². The first-order valence-corrected chi connectivity index (χ1v) is 20.1. The van der Waals surface area contributed by atoms with E-state index in [1.54, 1.807) is 0 Å². The minimum Gasteiger partial charge on any atom is -0.387 e. The first kappa shape index (κ1) is 45.2. The zero-order chi connectivity index (χ0) is 34.1. The van der Waals surface area contributed by atoms with Crippen molar-refractivity contribution in [1.82, 2.24) is 0 Å². The third-order valence-electron chi connectivity index (χ3n) is 9.71. The van der Waals surface area contributed by atoms with E-state index < -0.39 is 36.0 Å². The van der Waals surface area contributed by atoms with Gasteiger partial charge in [0.1, 0.15) is 24.4 Å². The molecule has 4 N–H and O–H groups in total. The van der Waals surface area contributed by atoms with Crippen LogP contribution >= 0.6 is 0 Å². The zero-order valence-corrected chi connectivity index (χ0v) is 30.5. The van der Waals surface area contributed by atoms with Gasteiger partial charge in [-0.1, -0.05) is 194 Å². The highest BCUT2D eigenvalue weighted by Gasteiger charge is 2.36. The molecule has 0 heterocycles. The molecule has 0 bridgehead atoms. The summed E-state index contributed by atoms with van der Waals surface area (Å²) in [6, 6.07) is 0. The quantitative estimate of drug-likeness (QED) is 0.0496. The molecule has 0 saturated carbocycles. The molecule has 6 heteroatoms. The molecule has 0 fully saturated rings. The Labute approximate surface area is 284 Å². The summed E-state index contributed by atoms with van der Waals surface area (Å²) < 4.78 is 0. The van der Waals surface area contributed by atoms with Gasteiger partial charge in [0, 0.05) is 12.8 Å². The number of hydrogen-bond acceptors (Lipinski definition) is 6. The van der Waals surface area contributed by atoms with E-state index in [1.807, 2.05) is 0 Å². The molecule has 0 aliphatic heterocycles. The van der Waals surface area contributed by atoms with Gasteiger partial charge in [0.05, 0.1) is 0 Å². The largest absolute Gasteiger partial charge is 0.387 e. The maximum Gasteiger partial charge on any atom is 0.164 e. The number of carbonyl (C=O) groups is 2.